The average Bonchev–Trinajstić information content (AvgIpc) is 3.53. The minimum Gasteiger partial charge on any atom is -0.468 e. The number of nitrogens with zero attached hydrogens (tertiary/aromatic N) is 2. The highest BCUT2D eigenvalue weighted by Crippen LogP contribution is 2.44. The molecule has 1 aromatic heterocycles. The Morgan fingerprint density at radius 2 is 1.96 bits per heavy atom. The molecule has 1 heterocycles. The van der Waals surface area contributed by atoms with Gasteiger partial charge in [-0.1, -0.05) is 42.1 Å². The van der Waals surface area contributed by atoms with Gasteiger partial charge in [0.05, 0.1) is 7.11 Å². The number of hydrogen-bond donors (Lipinski definition) is 1. The zero-order chi connectivity index (χ0) is 18.8. The number of anilines is 2. The fourth-order valence-electron chi connectivity index (χ4n) is 3.16. The lowest BCUT2D eigenvalue weighted by atomic mass is 9.99. The zero-order valence-corrected chi connectivity index (χ0v) is 16.1. The molecule has 1 atom stereocenters. The summed E-state index contributed by atoms with van der Waals surface area (Å²) in [7, 11) is 1.38. The van der Waals surface area contributed by atoms with E-state index in [0.717, 1.165) is 5.69 Å². The molecule has 0 bridgehead atoms. The summed E-state index contributed by atoms with van der Waals surface area (Å²) in [4.78, 5) is 20.4. The molecule has 0 amide bonds. The Hall–Kier alpha value is -2.60. The molecule has 0 saturated heterocycles. The van der Waals surface area contributed by atoms with E-state index in [-0.39, 0.29) is 11.2 Å². The van der Waals surface area contributed by atoms with Crippen molar-refractivity contribution in [3.63, 3.8) is 0 Å². The first kappa shape index (κ1) is 17.8. The van der Waals surface area contributed by atoms with Gasteiger partial charge in [-0.3, -0.25) is 4.79 Å². The van der Waals surface area contributed by atoms with Gasteiger partial charge in [0.25, 0.3) is 0 Å². The molecule has 6 heteroatoms. The molecule has 4 rings (SSSR count). The van der Waals surface area contributed by atoms with Gasteiger partial charge in [0.2, 0.25) is 0 Å². The number of fused-ring (bicyclic) bond motifs is 1. The first-order valence-electron chi connectivity index (χ1n) is 9.02. The first-order valence-corrected chi connectivity index (χ1v) is 9.90. The molecule has 5 nitrogen and oxygen atoms in total. The quantitative estimate of drug-likeness (QED) is 0.373. The molecule has 0 spiro atoms. The first-order chi connectivity index (χ1) is 13.2. The normalized spacial score (nSPS) is 14.7. The number of nitrogens with one attached hydrogen (secondary N) is 1. The number of thioether (sulfide) groups is 1. The molecule has 1 aliphatic carbocycles. The van der Waals surface area contributed by atoms with Crippen LogP contribution in [-0.2, 0) is 9.53 Å². The standard InChI is InChI=1S/C21H21N3O2S/c1-13(20(25)26-2)27-21-22-12-11-19(24-21)23-18-10-9-15(14-7-8-14)16-5-3-4-6-17(16)18/h3-6,9-14H,7-8H2,1-2H3,(H,22,23,24). The van der Waals surface area contributed by atoms with Crippen LogP contribution < -0.4 is 5.32 Å². The van der Waals surface area contributed by atoms with E-state index in [4.69, 9.17) is 4.74 Å². The number of benzene rings is 2. The smallest absolute Gasteiger partial charge is 0.318 e. The van der Waals surface area contributed by atoms with E-state index in [1.54, 1.807) is 13.1 Å². The van der Waals surface area contributed by atoms with E-state index in [9.17, 15) is 4.79 Å². The number of hydrogen-bond acceptors (Lipinski definition) is 6. The van der Waals surface area contributed by atoms with Crippen LogP contribution in [0.25, 0.3) is 10.8 Å². The Balaban J connectivity index is 1.60. The van der Waals surface area contributed by atoms with Gasteiger partial charge in [0.15, 0.2) is 5.16 Å². The van der Waals surface area contributed by atoms with E-state index in [0.29, 0.717) is 16.9 Å². The van der Waals surface area contributed by atoms with Crippen LogP contribution in [0, 0.1) is 0 Å². The number of rotatable bonds is 6. The summed E-state index contributed by atoms with van der Waals surface area (Å²) in [5.41, 5.74) is 2.45. The Kier molecular flexibility index (Phi) is 4.99. The second-order valence-corrected chi connectivity index (χ2v) is 7.96. The molecule has 138 valence electrons. The van der Waals surface area contributed by atoms with Gasteiger partial charge in [0, 0.05) is 17.3 Å². The third kappa shape index (κ3) is 3.90. The van der Waals surface area contributed by atoms with Crippen molar-refractivity contribution in [3.8, 4) is 0 Å². The third-order valence-corrected chi connectivity index (χ3v) is 5.64. The van der Waals surface area contributed by atoms with Gasteiger partial charge < -0.3 is 10.1 Å². The maximum atomic E-state index is 11.6. The summed E-state index contributed by atoms with van der Waals surface area (Å²) < 4.78 is 4.76. The molecule has 1 N–H and O–H groups in total. The van der Waals surface area contributed by atoms with E-state index in [1.807, 2.05) is 6.07 Å². The van der Waals surface area contributed by atoms with Gasteiger partial charge in [-0.15, -0.1) is 0 Å². The second kappa shape index (κ2) is 7.56. The molecule has 3 aromatic rings. The van der Waals surface area contributed by atoms with Crippen LogP contribution in [-0.4, -0.2) is 28.3 Å². The van der Waals surface area contributed by atoms with Crippen molar-refractivity contribution in [1.82, 2.24) is 9.97 Å². The van der Waals surface area contributed by atoms with E-state index >= 15 is 0 Å². The topological polar surface area (TPSA) is 64.1 Å². The lowest BCUT2D eigenvalue weighted by Crippen LogP contribution is -2.15. The summed E-state index contributed by atoms with van der Waals surface area (Å²) in [5, 5.41) is 6.08. The van der Waals surface area contributed by atoms with Crippen molar-refractivity contribution in [2.75, 3.05) is 12.4 Å². The van der Waals surface area contributed by atoms with Gasteiger partial charge in [-0.2, -0.15) is 0 Å². The van der Waals surface area contributed by atoms with Crippen LogP contribution in [0.3, 0.4) is 0 Å². The Bertz CT molecular complexity index is 988. The average molecular weight is 379 g/mol. The highest BCUT2D eigenvalue weighted by molar-refractivity contribution is 8.00. The third-order valence-electron chi connectivity index (χ3n) is 4.69. The summed E-state index contributed by atoms with van der Waals surface area (Å²) >= 11 is 1.28. The SMILES string of the molecule is COC(=O)C(C)Sc1nccc(Nc2ccc(C3CC3)c3ccccc23)n1. The molecule has 0 aliphatic heterocycles. The zero-order valence-electron chi connectivity index (χ0n) is 15.3. The lowest BCUT2D eigenvalue weighted by molar-refractivity contribution is -0.139. The largest absolute Gasteiger partial charge is 0.468 e. The van der Waals surface area contributed by atoms with Crippen LogP contribution in [0.2, 0.25) is 0 Å². The molecule has 1 unspecified atom stereocenters. The van der Waals surface area contributed by atoms with Crippen molar-refractivity contribution in [1.29, 1.82) is 0 Å². The van der Waals surface area contributed by atoms with Crippen molar-refractivity contribution in [2.45, 2.75) is 36.1 Å². The predicted molar refractivity (Wildman–Crippen MR) is 109 cm³/mol. The van der Waals surface area contributed by atoms with Crippen LogP contribution in [0.5, 0.6) is 0 Å². The molecule has 0 radical (unpaired) electrons. The van der Waals surface area contributed by atoms with Crippen LogP contribution >= 0.6 is 11.8 Å². The van der Waals surface area contributed by atoms with Crippen LogP contribution in [0.1, 0.15) is 31.2 Å². The monoisotopic (exact) mass is 379 g/mol. The van der Waals surface area contributed by atoms with Gasteiger partial charge in [0.1, 0.15) is 11.1 Å². The molecular weight excluding hydrogens is 358 g/mol. The fraction of sp³-hybridized carbons (Fsp3) is 0.286. The lowest BCUT2D eigenvalue weighted by Gasteiger charge is -2.13. The van der Waals surface area contributed by atoms with Crippen molar-refractivity contribution in [3.05, 3.63) is 54.2 Å². The maximum Gasteiger partial charge on any atom is 0.318 e. The molecule has 1 saturated carbocycles. The van der Waals surface area contributed by atoms with Crippen LogP contribution in [0.4, 0.5) is 11.5 Å². The number of carbonyl (C=O) groups is 1. The van der Waals surface area contributed by atoms with E-state index in [2.05, 4.69) is 51.7 Å². The fourth-order valence-corrected chi connectivity index (χ4v) is 3.94. The number of methoxy groups -OCH3 is 1. The predicted octanol–water partition coefficient (Wildman–Crippen LogP) is 4.90. The molecular formula is C21H21N3O2S. The van der Waals surface area contributed by atoms with Gasteiger partial charge >= 0.3 is 5.97 Å². The number of aromatic nitrogens is 2. The number of esters is 1. The summed E-state index contributed by atoms with van der Waals surface area (Å²) in [6, 6.07) is 14.7. The number of ether oxygens (including phenoxy) is 1. The summed E-state index contributed by atoms with van der Waals surface area (Å²) in [6.45, 7) is 1.78. The highest BCUT2D eigenvalue weighted by atomic mass is 32.2. The van der Waals surface area contributed by atoms with E-state index < -0.39 is 0 Å². The maximum absolute atomic E-state index is 11.6. The van der Waals surface area contributed by atoms with Gasteiger partial charge in [-0.25, -0.2) is 9.97 Å². The van der Waals surface area contributed by atoms with Gasteiger partial charge in [-0.05, 0) is 48.8 Å². The Morgan fingerprint density at radius 3 is 2.70 bits per heavy atom. The minimum absolute atomic E-state index is 0.288. The molecule has 2 aromatic carbocycles. The highest BCUT2D eigenvalue weighted by Gasteiger charge is 2.25. The Labute approximate surface area is 162 Å². The van der Waals surface area contributed by atoms with Crippen molar-refractivity contribution >= 4 is 40.0 Å². The minimum atomic E-state index is -0.357. The number of carbonyl (C=O) groups excluding carboxylic acids is 1. The van der Waals surface area contributed by atoms with Crippen molar-refractivity contribution < 1.29 is 9.53 Å². The molecule has 1 fully saturated rings. The summed E-state index contributed by atoms with van der Waals surface area (Å²) in [6.07, 6.45) is 4.26. The molecule has 27 heavy (non-hydrogen) atoms. The van der Waals surface area contributed by atoms with E-state index in [1.165, 1.54) is 48.0 Å². The summed E-state index contributed by atoms with van der Waals surface area (Å²) in [5.74, 6) is 1.11. The van der Waals surface area contributed by atoms with Crippen molar-refractivity contribution in [2.24, 2.45) is 0 Å². The second-order valence-electron chi connectivity index (χ2n) is 6.65. The molecule has 1 aliphatic rings. The Morgan fingerprint density at radius 1 is 1.19 bits per heavy atom. The van der Waals surface area contributed by atoms with Crippen LogP contribution in [0.15, 0.2) is 53.8 Å².